The largest absolute Gasteiger partial charge is 0.352 e. The Bertz CT molecular complexity index is 911. The number of carbonyl (C=O) groups excluding carboxylic acids is 1. The third kappa shape index (κ3) is 4.51. The minimum Gasteiger partial charge on any atom is -0.352 e. The van der Waals surface area contributed by atoms with Crippen LogP contribution < -0.4 is 5.32 Å². The van der Waals surface area contributed by atoms with Crippen LogP contribution in [-0.2, 0) is 6.42 Å². The molecule has 3 rings (SSSR count). The van der Waals surface area contributed by atoms with E-state index in [9.17, 15) is 4.79 Å². The van der Waals surface area contributed by atoms with Gasteiger partial charge in [0.1, 0.15) is 5.15 Å². The molecular weight excluding hydrogens is 416 g/mol. The molecule has 1 amide bonds. The fourth-order valence-corrected chi connectivity index (χ4v) is 3.13. The molecule has 0 saturated carbocycles. The number of carbonyl (C=O) groups is 1. The first-order valence-corrected chi connectivity index (χ1v) is 9.41. The third-order valence-corrected chi connectivity index (χ3v) is 4.71. The Labute approximate surface area is 165 Å². The smallest absolute Gasteiger partial charge is 0.254 e. The first-order valence-electron chi connectivity index (χ1n) is 8.24. The summed E-state index contributed by atoms with van der Waals surface area (Å²) in [4.78, 5) is 16.2. The van der Waals surface area contributed by atoms with E-state index in [4.69, 9.17) is 11.6 Å². The first kappa shape index (κ1) is 18.6. The molecule has 0 saturated heterocycles. The summed E-state index contributed by atoms with van der Waals surface area (Å²) in [5.41, 5.74) is 3.57. The maximum absolute atomic E-state index is 12.2. The highest BCUT2D eigenvalue weighted by Crippen LogP contribution is 2.18. The van der Waals surface area contributed by atoms with Crippen LogP contribution in [0.25, 0.3) is 5.69 Å². The SMILES string of the molecule is Cc1nn(-c2ccccc2)cc1CCCNC(=O)c1cc(Br)cnc1Cl. The fraction of sp³-hybridized carbons (Fsp3) is 0.211. The molecule has 0 atom stereocenters. The van der Waals surface area contributed by atoms with E-state index in [0.717, 1.165) is 28.7 Å². The lowest BCUT2D eigenvalue weighted by atomic mass is 10.1. The van der Waals surface area contributed by atoms with Crippen molar-refractivity contribution in [2.45, 2.75) is 19.8 Å². The van der Waals surface area contributed by atoms with Gasteiger partial charge in [0, 0.05) is 23.4 Å². The van der Waals surface area contributed by atoms with Crippen LogP contribution in [0.3, 0.4) is 0 Å². The Morgan fingerprint density at radius 3 is 2.85 bits per heavy atom. The number of nitrogens with zero attached hydrogens (tertiary/aromatic N) is 3. The van der Waals surface area contributed by atoms with Gasteiger partial charge < -0.3 is 5.32 Å². The molecule has 0 fully saturated rings. The Morgan fingerprint density at radius 1 is 1.31 bits per heavy atom. The summed E-state index contributed by atoms with van der Waals surface area (Å²) in [6.07, 6.45) is 5.25. The van der Waals surface area contributed by atoms with Crippen molar-refractivity contribution in [3.63, 3.8) is 0 Å². The first-order chi connectivity index (χ1) is 12.5. The van der Waals surface area contributed by atoms with Crippen molar-refractivity contribution < 1.29 is 4.79 Å². The zero-order valence-corrected chi connectivity index (χ0v) is 16.6. The van der Waals surface area contributed by atoms with E-state index < -0.39 is 0 Å². The van der Waals surface area contributed by atoms with Crippen LogP contribution in [0.1, 0.15) is 28.0 Å². The fourth-order valence-electron chi connectivity index (χ4n) is 2.61. The number of rotatable bonds is 6. The molecule has 3 aromatic rings. The van der Waals surface area contributed by atoms with E-state index in [2.05, 4.69) is 31.3 Å². The van der Waals surface area contributed by atoms with Gasteiger partial charge in [0.25, 0.3) is 5.91 Å². The van der Waals surface area contributed by atoms with E-state index in [1.54, 1.807) is 12.3 Å². The molecular formula is C19H18BrClN4O. The molecule has 5 nitrogen and oxygen atoms in total. The topological polar surface area (TPSA) is 59.8 Å². The van der Waals surface area contributed by atoms with Crippen molar-refractivity contribution in [1.29, 1.82) is 0 Å². The van der Waals surface area contributed by atoms with E-state index >= 15 is 0 Å². The highest BCUT2D eigenvalue weighted by Gasteiger charge is 2.12. The van der Waals surface area contributed by atoms with Gasteiger partial charge in [-0.25, -0.2) is 9.67 Å². The lowest BCUT2D eigenvalue weighted by molar-refractivity contribution is 0.0953. The second-order valence-corrected chi connectivity index (χ2v) is 7.14. The van der Waals surface area contributed by atoms with Gasteiger partial charge in [-0.3, -0.25) is 4.79 Å². The van der Waals surface area contributed by atoms with Gasteiger partial charge in [-0.1, -0.05) is 29.8 Å². The molecule has 0 bridgehead atoms. The molecule has 2 aromatic heterocycles. The molecule has 1 N–H and O–H groups in total. The predicted molar refractivity (Wildman–Crippen MR) is 106 cm³/mol. The van der Waals surface area contributed by atoms with Gasteiger partial charge in [0.05, 0.1) is 16.9 Å². The number of para-hydroxylation sites is 1. The monoisotopic (exact) mass is 432 g/mol. The average molecular weight is 434 g/mol. The Morgan fingerprint density at radius 2 is 2.08 bits per heavy atom. The standard InChI is InChI=1S/C19H18BrClN4O/c1-13-14(12-25(24-13)16-7-3-2-4-8-16)6-5-9-22-19(26)17-10-15(20)11-23-18(17)21/h2-4,7-8,10-12H,5-6,9H2,1H3,(H,22,26). The molecule has 7 heteroatoms. The van der Waals surface area contributed by atoms with E-state index in [1.807, 2.05) is 48.1 Å². The zero-order valence-electron chi connectivity index (χ0n) is 14.2. The molecule has 134 valence electrons. The highest BCUT2D eigenvalue weighted by molar-refractivity contribution is 9.10. The Kier molecular flexibility index (Phi) is 6.06. The summed E-state index contributed by atoms with van der Waals surface area (Å²) < 4.78 is 2.60. The van der Waals surface area contributed by atoms with Crippen LogP contribution in [0.4, 0.5) is 0 Å². The van der Waals surface area contributed by atoms with Crippen molar-refractivity contribution in [2.75, 3.05) is 6.54 Å². The highest BCUT2D eigenvalue weighted by atomic mass is 79.9. The lowest BCUT2D eigenvalue weighted by Crippen LogP contribution is -2.25. The normalized spacial score (nSPS) is 10.7. The van der Waals surface area contributed by atoms with Gasteiger partial charge in [0.15, 0.2) is 0 Å². The quantitative estimate of drug-likeness (QED) is 0.464. The molecule has 0 radical (unpaired) electrons. The van der Waals surface area contributed by atoms with Gasteiger partial charge in [0.2, 0.25) is 0 Å². The zero-order chi connectivity index (χ0) is 18.5. The van der Waals surface area contributed by atoms with E-state index in [-0.39, 0.29) is 11.1 Å². The number of amides is 1. The van der Waals surface area contributed by atoms with Crippen molar-refractivity contribution in [1.82, 2.24) is 20.1 Å². The molecule has 1 aromatic carbocycles. The molecule has 0 unspecified atom stereocenters. The summed E-state index contributed by atoms with van der Waals surface area (Å²) in [7, 11) is 0. The summed E-state index contributed by atoms with van der Waals surface area (Å²) in [5, 5.41) is 7.65. The number of nitrogens with one attached hydrogen (secondary N) is 1. The number of benzene rings is 1. The number of pyridine rings is 1. The number of hydrogen-bond acceptors (Lipinski definition) is 3. The summed E-state index contributed by atoms with van der Waals surface area (Å²) in [6.45, 7) is 2.55. The summed E-state index contributed by atoms with van der Waals surface area (Å²) in [5.74, 6) is -0.222. The van der Waals surface area contributed by atoms with E-state index in [1.165, 1.54) is 5.56 Å². The van der Waals surface area contributed by atoms with Gasteiger partial charge in [-0.2, -0.15) is 5.10 Å². The van der Waals surface area contributed by atoms with Crippen molar-refractivity contribution in [2.24, 2.45) is 0 Å². The van der Waals surface area contributed by atoms with Crippen LogP contribution in [0.15, 0.2) is 53.3 Å². The molecule has 26 heavy (non-hydrogen) atoms. The minimum absolute atomic E-state index is 0.200. The van der Waals surface area contributed by atoms with Crippen molar-refractivity contribution in [3.05, 3.63) is 75.2 Å². The van der Waals surface area contributed by atoms with Gasteiger partial charge in [-0.05, 0) is 59.5 Å². The second kappa shape index (κ2) is 8.47. The van der Waals surface area contributed by atoms with Gasteiger partial charge >= 0.3 is 0 Å². The Balaban J connectivity index is 1.55. The maximum atomic E-state index is 12.2. The van der Waals surface area contributed by atoms with Gasteiger partial charge in [-0.15, -0.1) is 0 Å². The molecule has 0 aliphatic carbocycles. The molecule has 0 spiro atoms. The van der Waals surface area contributed by atoms with Crippen LogP contribution in [-0.4, -0.2) is 27.2 Å². The number of halogens is 2. The van der Waals surface area contributed by atoms with Crippen molar-refractivity contribution in [3.8, 4) is 5.69 Å². The van der Waals surface area contributed by atoms with Crippen LogP contribution in [0.2, 0.25) is 5.15 Å². The number of aryl methyl sites for hydroxylation is 2. The Hall–Kier alpha value is -2.18. The number of hydrogen-bond donors (Lipinski definition) is 1. The van der Waals surface area contributed by atoms with Crippen LogP contribution in [0.5, 0.6) is 0 Å². The average Bonchev–Trinajstić information content (AvgIpc) is 3.02. The third-order valence-electron chi connectivity index (χ3n) is 3.98. The summed E-state index contributed by atoms with van der Waals surface area (Å²) >= 11 is 9.27. The van der Waals surface area contributed by atoms with E-state index in [0.29, 0.717) is 12.1 Å². The second-order valence-electron chi connectivity index (χ2n) is 5.87. The van der Waals surface area contributed by atoms with Crippen LogP contribution >= 0.6 is 27.5 Å². The minimum atomic E-state index is -0.222. The maximum Gasteiger partial charge on any atom is 0.254 e. The predicted octanol–water partition coefficient (Wildman–Crippen LogP) is 4.35. The lowest BCUT2D eigenvalue weighted by Gasteiger charge is -2.06. The molecule has 2 heterocycles. The molecule has 0 aliphatic rings. The van der Waals surface area contributed by atoms with Crippen LogP contribution in [0, 0.1) is 6.92 Å². The number of aromatic nitrogens is 3. The molecule has 0 aliphatic heterocycles. The van der Waals surface area contributed by atoms with Crippen molar-refractivity contribution >= 4 is 33.4 Å². The summed E-state index contributed by atoms with van der Waals surface area (Å²) in [6, 6.07) is 11.7.